The average Bonchev–Trinajstić information content (AvgIpc) is 2.38. The molecule has 0 aliphatic rings. The second-order valence-corrected chi connectivity index (χ2v) is 4.34. The van der Waals surface area contributed by atoms with Crippen molar-refractivity contribution in [1.29, 1.82) is 0 Å². The fourth-order valence-electron chi connectivity index (χ4n) is 1.85. The van der Waals surface area contributed by atoms with Crippen LogP contribution in [0.3, 0.4) is 0 Å². The Morgan fingerprint density at radius 3 is 2.83 bits per heavy atom. The molecule has 0 aliphatic heterocycles. The van der Waals surface area contributed by atoms with Crippen LogP contribution in [0.5, 0.6) is 5.75 Å². The molecule has 3 heteroatoms. The van der Waals surface area contributed by atoms with E-state index in [0.29, 0.717) is 12.0 Å². The van der Waals surface area contributed by atoms with Gasteiger partial charge in [0.2, 0.25) is 0 Å². The summed E-state index contributed by atoms with van der Waals surface area (Å²) in [4.78, 5) is 0. The first-order chi connectivity index (χ1) is 8.69. The Labute approximate surface area is 108 Å². The molecule has 0 saturated heterocycles. The summed E-state index contributed by atoms with van der Waals surface area (Å²) in [5.74, 6) is -0.224. The first-order valence-corrected chi connectivity index (χ1v) is 6.31. The minimum absolute atomic E-state index is 0.179. The number of aliphatic hydroxyl groups excluding tert-OH is 1. The van der Waals surface area contributed by atoms with Gasteiger partial charge in [0.1, 0.15) is 0 Å². The standard InChI is InChI=1S/C15H21FO2/c1-3-4-5-6-7-8-14(17)12-9-10-13(16)15(11-12)18-2/h3,9-11,14,17H,1,4-8H2,2H3. The lowest BCUT2D eigenvalue weighted by atomic mass is 10.0. The van der Waals surface area contributed by atoms with E-state index in [1.165, 1.54) is 13.2 Å². The maximum absolute atomic E-state index is 13.2. The number of hydrogen-bond donors (Lipinski definition) is 1. The molecule has 1 unspecified atom stereocenters. The Hall–Kier alpha value is -1.35. The summed E-state index contributed by atoms with van der Waals surface area (Å²) in [5, 5.41) is 9.99. The van der Waals surface area contributed by atoms with Crippen LogP contribution in [0.15, 0.2) is 30.9 Å². The van der Waals surface area contributed by atoms with Gasteiger partial charge in [0.05, 0.1) is 13.2 Å². The lowest BCUT2D eigenvalue weighted by molar-refractivity contribution is 0.163. The van der Waals surface area contributed by atoms with E-state index in [4.69, 9.17) is 4.74 Å². The van der Waals surface area contributed by atoms with Crippen LogP contribution in [-0.2, 0) is 0 Å². The van der Waals surface area contributed by atoms with Crippen molar-refractivity contribution < 1.29 is 14.2 Å². The second-order valence-electron chi connectivity index (χ2n) is 4.34. The van der Waals surface area contributed by atoms with Crippen LogP contribution in [0.1, 0.15) is 43.8 Å². The SMILES string of the molecule is C=CCCCCCC(O)c1ccc(F)c(OC)c1. The van der Waals surface area contributed by atoms with Gasteiger partial charge < -0.3 is 9.84 Å². The molecule has 0 heterocycles. The van der Waals surface area contributed by atoms with E-state index >= 15 is 0 Å². The number of aliphatic hydroxyl groups is 1. The van der Waals surface area contributed by atoms with Gasteiger partial charge in [-0.15, -0.1) is 6.58 Å². The molecule has 0 radical (unpaired) electrons. The van der Waals surface area contributed by atoms with Gasteiger partial charge in [-0.3, -0.25) is 0 Å². The number of benzene rings is 1. The zero-order valence-corrected chi connectivity index (χ0v) is 10.9. The molecule has 0 amide bonds. The molecule has 0 saturated carbocycles. The van der Waals surface area contributed by atoms with Gasteiger partial charge in [-0.2, -0.15) is 0 Å². The van der Waals surface area contributed by atoms with E-state index in [1.54, 1.807) is 12.1 Å². The molecule has 0 aliphatic carbocycles. The summed E-state index contributed by atoms with van der Waals surface area (Å²) >= 11 is 0. The van der Waals surface area contributed by atoms with E-state index in [-0.39, 0.29) is 5.75 Å². The topological polar surface area (TPSA) is 29.5 Å². The van der Waals surface area contributed by atoms with Gasteiger partial charge >= 0.3 is 0 Å². The average molecular weight is 252 g/mol. The molecule has 0 spiro atoms. The minimum Gasteiger partial charge on any atom is -0.494 e. The largest absolute Gasteiger partial charge is 0.494 e. The van der Waals surface area contributed by atoms with E-state index < -0.39 is 11.9 Å². The number of rotatable bonds is 8. The molecule has 1 N–H and O–H groups in total. The third-order valence-electron chi connectivity index (χ3n) is 2.95. The third kappa shape index (κ3) is 4.49. The smallest absolute Gasteiger partial charge is 0.165 e. The van der Waals surface area contributed by atoms with Crippen molar-refractivity contribution in [1.82, 2.24) is 0 Å². The summed E-state index contributed by atoms with van der Waals surface area (Å²) < 4.78 is 18.1. The molecule has 1 atom stereocenters. The van der Waals surface area contributed by atoms with Crippen LogP contribution in [0, 0.1) is 5.82 Å². The molecular weight excluding hydrogens is 231 g/mol. The minimum atomic E-state index is -0.553. The van der Waals surface area contributed by atoms with E-state index in [9.17, 15) is 9.50 Å². The Morgan fingerprint density at radius 1 is 1.39 bits per heavy atom. The van der Waals surface area contributed by atoms with Gasteiger partial charge in [0.15, 0.2) is 11.6 Å². The molecule has 0 bridgehead atoms. The van der Waals surface area contributed by atoms with Gasteiger partial charge in [-0.25, -0.2) is 4.39 Å². The Morgan fingerprint density at radius 2 is 2.17 bits per heavy atom. The van der Waals surface area contributed by atoms with Crippen LogP contribution in [0.25, 0.3) is 0 Å². The van der Waals surface area contributed by atoms with E-state index in [1.807, 2.05) is 6.08 Å². The van der Waals surface area contributed by atoms with Gasteiger partial charge in [0.25, 0.3) is 0 Å². The molecule has 2 nitrogen and oxygen atoms in total. The number of ether oxygens (including phenoxy) is 1. The molecule has 100 valence electrons. The van der Waals surface area contributed by atoms with Crippen molar-refractivity contribution >= 4 is 0 Å². The zero-order chi connectivity index (χ0) is 13.4. The fraction of sp³-hybridized carbons (Fsp3) is 0.467. The summed E-state index contributed by atoms with van der Waals surface area (Å²) in [6, 6.07) is 4.49. The van der Waals surface area contributed by atoms with Crippen LogP contribution in [-0.4, -0.2) is 12.2 Å². The summed E-state index contributed by atoms with van der Waals surface area (Å²) in [5.41, 5.74) is 0.706. The van der Waals surface area contributed by atoms with Crippen molar-refractivity contribution in [2.75, 3.05) is 7.11 Å². The van der Waals surface area contributed by atoms with E-state index in [2.05, 4.69) is 6.58 Å². The lowest BCUT2D eigenvalue weighted by Gasteiger charge is -2.12. The summed E-state index contributed by atoms with van der Waals surface area (Å²) in [6.07, 6.45) is 6.18. The Bertz CT molecular complexity index is 377. The number of methoxy groups -OCH3 is 1. The van der Waals surface area contributed by atoms with Crippen molar-refractivity contribution in [2.45, 2.75) is 38.2 Å². The second kappa shape index (κ2) is 7.88. The lowest BCUT2D eigenvalue weighted by Crippen LogP contribution is -1.99. The molecule has 1 aromatic rings. The molecule has 0 fully saturated rings. The highest BCUT2D eigenvalue weighted by atomic mass is 19.1. The first kappa shape index (κ1) is 14.7. The quantitative estimate of drug-likeness (QED) is 0.559. The normalized spacial score (nSPS) is 12.2. The number of hydrogen-bond acceptors (Lipinski definition) is 2. The zero-order valence-electron chi connectivity index (χ0n) is 10.9. The third-order valence-corrected chi connectivity index (χ3v) is 2.95. The van der Waals surface area contributed by atoms with E-state index in [0.717, 1.165) is 25.7 Å². The highest BCUT2D eigenvalue weighted by Gasteiger charge is 2.10. The molecule has 1 rings (SSSR count). The predicted octanol–water partition coefficient (Wildman–Crippen LogP) is 4.00. The van der Waals surface area contributed by atoms with Crippen LogP contribution < -0.4 is 4.74 Å². The number of allylic oxidation sites excluding steroid dienone is 1. The molecular formula is C15H21FO2. The highest BCUT2D eigenvalue weighted by molar-refractivity contribution is 5.31. The number of halogens is 1. The highest BCUT2D eigenvalue weighted by Crippen LogP contribution is 2.25. The van der Waals surface area contributed by atoms with Crippen LogP contribution >= 0.6 is 0 Å². The maximum atomic E-state index is 13.2. The molecule has 0 aromatic heterocycles. The summed E-state index contributed by atoms with van der Waals surface area (Å²) in [7, 11) is 1.42. The van der Waals surface area contributed by atoms with Gasteiger partial charge in [-0.05, 0) is 37.0 Å². The molecule has 18 heavy (non-hydrogen) atoms. The van der Waals surface area contributed by atoms with Crippen molar-refractivity contribution in [3.05, 3.63) is 42.2 Å². The van der Waals surface area contributed by atoms with Crippen molar-refractivity contribution in [3.8, 4) is 5.75 Å². The van der Waals surface area contributed by atoms with Crippen LogP contribution in [0.4, 0.5) is 4.39 Å². The predicted molar refractivity (Wildman–Crippen MR) is 71.2 cm³/mol. The van der Waals surface area contributed by atoms with Crippen molar-refractivity contribution in [3.63, 3.8) is 0 Å². The maximum Gasteiger partial charge on any atom is 0.165 e. The Balaban J connectivity index is 2.45. The van der Waals surface area contributed by atoms with Crippen LogP contribution in [0.2, 0.25) is 0 Å². The monoisotopic (exact) mass is 252 g/mol. The Kier molecular flexibility index (Phi) is 6.44. The van der Waals surface area contributed by atoms with Gasteiger partial charge in [0, 0.05) is 0 Å². The fourth-order valence-corrected chi connectivity index (χ4v) is 1.85. The number of unbranched alkanes of at least 4 members (excludes halogenated alkanes) is 3. The molecule has 1 aromatic carbocycles. The first-order valence-electron chi connectivity index (χ1n) is 6.31. The van der Waals surface area contributed by atoms with Crippen molar-refractivity contribution in [2.24, 2.45) is 0 Å². The summed E-state index contributed by atoms with van der Waals surface area (Å²) in [6.45, 7) is 3.67. The van der Waals surface area contributed by atoms with Gasteiger partial charge in [-0.1, -0.05) is 25.0 Å².